The summed E-state index contributed by atoms with van der Waals surface area (Å²) in [6.07, 6.45) is -1.17. The molecule has 1 fully saturated rings. The highest BCUT2D eigenvalue weighted by Crippen LogP contribution is 2.67. The first-order valence-electron chi connectivity index (χ1n) is 12.7. The summed E-state index contributed by atoms with van der Waals surface area (Å²) in [5.74, 6) is -3.10. The fourth-order valence-corrected chi connectivity index (χ4v) is 6.99. The van der Waals surface area contributed by atoms with E-state index in [1.165, 1.54) is 0 Å². The molecule has 3 aliphatic rings. The fourth-order valence-electron chi connectivity index (χ4n) is 6.72. The van der Waals surface area contributed by atoms with Gasteiger partial charge >= 0.3 is 0 Å². The Morgan fingerprint density at radius 3 is 1.51 bits per heavy atom. The second-order valence-electron chi connectivity index (χ2n) is 10.4. The van der Waals surface area contributed by atoms with Crippen LogP contribution in [-0.2, 0) is 4.74 Å². The van der Waals surface area contributed by atoms with Crippen molar-refractivity contribution in [1.82, 2.24) is 0 Å². The lowest BCUT2D eigenvalue weighted by Gasteiger charge is -2.34. The van der Waals surface area contributed by atoms with E-state index in [4.69, 9.17) is 4.74 Å². The van der Waals surface area contributed by atoms with Crippen LogP contribution in [0.5, 0.6) is 0 Å². The lowest BCUT2D eigenvalue weighted by atomic mass is 9.60. The molecule has 1 aliphatic heterocycles. The molecule has 4 aromatic rings. The molecule has 1 saturated heterocycles. The number of aryl methyl sites for hydroxylation is 1. The predicted molar refractivity (Wildman–Crippen MR) is 147 cm³/mol. The number of hydrogen-bond donors (Lipinski definition) is 0. The first-order chi connectivity index (χ1) is 18.8. The van der Waals surface area contributed by atoms with Crippen molar-refractivity contribution >= 4 is 39.1 Å². The zero-order valence-electron chi connectivity index (χ0n) is 20.8. The summed E-state index contributed by atoms with van der Waals surface area (Å²) in [7, 11) is 0. The lowest BCUT2D eigenvalue weighted by Crippen LogP contribution is -2.51. The highest BCUT2D eigenvalue weighted by atomic mass is 79.9. The number of benzene rings is 4. The summed E-state index contributed by atoms with van der Waals surface area (Å²) < 4.78 is 7.50. The number of ketones is 4. The smallest absolute Gasteiger partial charge is 0.204 e. The average molecular weight is 577 g/mol. The van der Waals surface area contributed by atoms with Crippen LogP contribution in [0.4, 0.5) is 0 Å². The van der Waals surface area contributed by atoms with E-state index in [1.807, 2.05) is 19.1 Å². The quantitative estimate of drug-likeness (QED) is 0.255. The van der Waals surface area contributed by atoms with Gasteiger partial charge in [-0.2, -0.15) is 0 Å². The van der Waals surface area contributed by atoms with E-state index >= 15 is 0 Å². The molecule has 6 heteroatoms. The second kappa shape index (κ2) is 8.25. The maximum absolute atomic E-state index is 14.6. The van der Waals surface area contributed by atoms with Crippen LogP contribution in [0.15, 0.2) is 102 Å². The summed E-state index contributed by atoms with van der Waals surface area (Å²) in [6.45, 7) is 1.93. The van der Waals surface area contributed by atoms with Gasteiger partial charge in [0.1, 0.15) is 11.5 Å². The first kappa shape index (κ1) is 24.1. The Morgan fingerprint density at radius 2 is 1.03 bits per heavy atom. The number of ether oxygens (including phenoxy) is 1. The molecule has 190 valence electrons. The Labute approximate surface area is 232 Å². The molecule has 1 heterocycles. The normalized spacial score (nSPS) is 22.1. The van der Waals surface area contributed by atoms with E-state index in [-0.39, 0.29) is 22.3 Å². The van der Waals surface area contributed by atoms with E-state index in [2.05, 4.69) is 15.9 Å². The highest BCUT2D eigenvalue weighted by molar-refractivity contribution is 9.10. The number of Topliss-reactive ketones (excluding diaryl/α,β-unsaturated/α-hetero) is 4. The van der Waals surface area contributed by atoms with Gasteiger partial charge in [-0.25, -0.2) is 0 Å². The molecule has 2 atom stereocenters. The summed E-state index contributed by atoms with van der Waals surface area (Å²) >= 11 is 3.45. The lowest BCUT2D eigenvalue weighted by molar-refractivity contribution is -0.0210. The largest absolute Gasteiger partial charge is 0.348 e. The minimum absolute atomic E-state index is 0.238. The van der Waals surface area contributed by atoms with E-state index in [0.717, 1.165) is 10.0 Å². The van der Waals surface area contributed by atoms with Crippen molar-refractivity contribution in [3.63, 3.8) is 0 Å². The molecule has 0 amide bonds. The van der Waals surface area contributed by atoms with Gasteiger partial charge in [0.05, 0.1) is 5.92 Å². The van der Waals surface area contributed by atoms with Crippen molar-refractivity contribution in [2.45, 2.75) is 24.5 Å². The molecule has 39 heavy (non-hydrogen) atoms. The van der Waals surface area contributed by atoms with Gasteiger partial charge in [-0.3, -0.25) is 19.2 Å². The van der Waals surface area contributed by atoms with Crippen molar-refractivity contribution in [2.24, 2.45) is 5.41 Å². The molecule has 0 N–H and O–H groups in total. The van der Waals surface area contributed by atoms with Crippen LogP contribution < -0.4 is 0 Å². The van der Waals surface area contributed by atoms with Crippen LogP contribution >= 0.6 is 15.9 Å². The minimum atomic E-state index is -2.08. The van der Waals surface area contributed by atoms with Crippen molar-refractivity contribution < 1.29 is 23.9 Å². The van der Waals surface area contributed by atoms with Gasteiger partial charge in [-0.1, -0.05) is 106 Å². The number of hydrogen-bond acceptors (Lipinski definition) is 5. The Balaban J connectivity index is 1.59. The Hall–Kier alpha value is -4.00. The summed E-state index contributed by atoms with van der Waals surface area (Å²) in [4.78, 5) is 58.0. The topological polar surface area (TPSA) is 77.5 Å². The van der Waals surface area contributed by atoms with Gasteiger partial charge < -0.3 is 4.74 Å². The molecular weight excluding hydrogens is 556 g/mol. The maximum atomic E-state index is 14.6. The van der Waals surface area contributed by atoms with Gasteiger partial charge in [0, 0.05) is 26.7 Å². The molecule has 0 bridgehead atoms. The van der Waals surface area contributed by atoms with Gasteiger partial charge in [-0.05, 0) is 30.2 Å². The molecule has 0 saturated carbocycles. The third kappa shape index (κ3) is 2.93. The SMILES string of the molecule is Cc1ccc([C@@H]2C3(O[C@@H](c4ccc(Br)cc4)C24C(=O)c2ccccc2C4=O)C(=O)c2ccccc2C3=O)cc1. The Kier molecular flexibility index (Phi) is 5.09. The second-order valence-corrected chi connectivity index (χ2v) is 11.3. The monoisotopic (exact) mass is 576 g/mol. The van der Waals surface area contributed by atoms with Crippen LogP contribution in [0, 0.1) is 12.3 Å². The van der Waals surface area contributed by atoms with Crippen molar-refractivity contribution in [3.05, 3.63) is 140 Å². The number of rotatable bonds is 2. The summed E-state index contributed by atoms with van der Waals surface area (Å²) in [6, 6.07) is 27.7. The summed E-state index contributed by atoms with van der Waals surface area (Å²) in [5.41, 5.74) is -0.879. The molecule has 7 rings (SSSR count). The zero-order valence-corrected chi connectivity index (χ0v) is 22.4. The van der Waals surface area contributed by atoms with Gasteiger partial charge in [0.25, 0.3) is 0 Å². The third-order valence-electron chi connectivity index (χ3n) is 8.42. The first-order valence-corrected chi connectivity index (χ1v) is 13.5. The molecule has 0 unspecified atom stereocenters. The van der Waals surface area contributed by atoms with E-state index in [9.17, 15) is 19.2 Å². The molecule has 4 aromatic carbocycles. The average Bonchev–Trinajstić information content (AvgIpc) is 3.48. The molecule has 2 aliphatic carbocycles. The number of fused-ring (bicyclic) bond motifs is 2. The van der Waals surface area contributed by atoms with Crippen LogP contribution in [-0.4, -0.2) is 28.7 Å². The van der Waals surface area contributed by atoms with Crippen LogP contribution in [0.1, 0.15) is 70.1 Å². The predicted octanol–water partition coefficient (Wildman–Crippen LogP) is 6.50. The molecule has 5 nitrogen and oxygen atoms in total. The maximum Gasteiger partial charge on any atom is 0.204 e. The van der Waals surface area contributed by atoms with Gasteiger partial charge in [0.15, 0.2) is 11.6 Å². The molecule has 0 aromatic heterocycles. The molecule has 2 spiro atoms. The zero-order chi connectivity index (χ0) is 27.1. The van der Waals surface area contributed by atoms with Gasteiger partial charge in [-0.15, -0.1) is 0 Å². The third-order valence-corrected chi connectivity index (χ3v) is 8.95. The van der Waals surface area contributed by atoms with Crippen LogP contribution in [0.2, 0.25) is 0 Å². The standard InChI is InChI=1S/C33H21BrO5/c1-18-10-12-19(13-11-18)26-32(27(35)22-6-2-3-7-23(22)28(32)36)31(20-14-16-21(34)17-15-20)39-33(26)29(37)24-8-4-5-9-25(24)30(33)38/h2-17,26,31H,1H3/t26-,31-/m0/s1. The number of carbonyl (C=O) groups is 4. The van der Waals surface area contributed by atoms with Gasteiger partial charge in [0.2, 0.25) is 17.2 Å². The minimum Gasteiger partial charge on any atom is -0.348 e. The summed E-state index contributed by atoms with van der Waals surface area (Å²) in [5, 5.41) is 0. The van der Waals surface area contributed by atoms with E-state index in [1.54, 1.807) is 84.9 Å². The van der Waals surface area contributed by atoms with Crippen molar-refractivity contribution in [3.8, 4) is 0 Å². The van der Waals surface area contributed by atoms with E-state index in [0.29, 0.717) is 11.1 Å². The Morgan fingerprint density at radius 1 is 0.590 bits per heavy atom. The van der Waals surface area contributed by atoms with E-state index < -0.39 is 46.2 Å². The number of halogens is 1. The Bertz CT molecular complexity index is 1660. The van der Waals surface area contributed by atoms with Crippen molar-refractivity contribution in [1.29, 1.82) is 0 Å². The molecular formula is C33H21BrO5. The number of carbonyl (C=O) groups excluding carboxylic acids is 4. The highest BCUT2D eigenvalue weighted by Gasteiger charge is 2.79. The van der Waals surface area contributed by atoms with Crippen LogP contribution in [0.3, 0.4) is 0 Å². The van der Waals surface area contributed by atoms with Crippen molar-refractivity contribution in [2.75, 3.05) is 0 Å². The molecule has 0 radical (unpaired) electrons. The van der Waals surface area contributed by atoms with Crippen LogP contribution in [0.25, 0.3) is 0 Å². The fraction of sp³-hybridized carbons (Fsp3) is 0.152.